The number of amides is 1. The van der Waals surface area contributed by atoms with Gasteiger partial charge in [-0.1, -0.05) is 18.2 Å². The highest BCUT2D eigenvalue weighted by Crippen LogP contribution is 2.35. The fraction of sp³-hybridized carbons (Fsp3) is 0.304. The lowest BCUT2D eigenvalue weighted by molar-refractivity contribution is -0.134. The van der Waals surface area contributed by atoms with E-state index in [1.165, 1.54) is 0 Å². The second-order valence-corrected chi connectivity index (χ2v) is 7.96. The van der Waals surface area contributed by atoms with E-state index in [0.29, 0.717) is 30.0 Å². The molecule has 2 heterocycles. The molecule has 4 rings (SSSR count). The van der Waals surface area contributed by atoms with Gasteiger partial charge in [-0.25, -0.2) is 5.43 Å². The minimum Gasteiger partial charge on any atom is -0.398 e. The normalized spacial score (nSPS) is 20.7. The first kappa shape index (κ1) is 20.0. The van der Waals surface area contributed by atoms with Crippen molar-refractivity contribution in [3.05, 3.63) is 76.0 Å². The third-order valence-corrected chi connectivity index (χ3v) is 5.67. The van der Waals surface area contributed by atoms with E-state index in [1.54, 1.807) is 12.1 Å². The molecule has 1 fully saturated rings. The smallest absolute Gasteiger partial charge is 0.271 e. The van der Waals surface area contributed by atoms with Crippen molar-refractivity contribution in [2.45, 2.75) is 39.1 Å². The predicted octanol–water partition coefficient (Wildman–Crippen LogP) is 2.12. The van der Waals surface area contributed by atoms with Crippen LogP contribution < -0.4 is 11.2 Å². The lowest BCUT2D eigenvalue weighted by atomic mass is 9.96. The molecule has 7 heteroatoms. The Hall–Kier alpha value is -3.34. The summed E-state index contributed by atoms with van der Waals surface area (Å²) in [5.74, 6) is -0.0521. The number of hydrazine groups is 1. The van der Waals surface area contributed by atoms with E-state index in [1.807, 2.05) is 47.2 Å². The summed E-state index contributed by atoms with van der Waals surface area (Å²) in [7, 11) is 0. The van der Waals surface area contributed by atoms with Crippen LogP contribution in [0.2, 0.25) is 0 Å². The number of carbonyl (C=O) groups is 1. The van der Waals surface area contributed by atoms with E-state index in [-0.39, 0.29) is 24.6 Å². The van der Waals surface area contributed by atoms with Crippen LogP contribution >= 0.6 is 0 Å². The molecule has 2 aromatic rings. The van der Waals surface area contributed by atoms with Gasteiger partial charge in [-0.05, 0) is 54.8 Å². The van der Waals surface area contributed by atoms with Crippen molar-refractivity contribution in [2.24, 2.45) is 0 Å². The van der Waals surface area contributed by atoms with Gasteiger partial charge in [-0.2, -0.15) is 5.26 Å². The van der Waals surface area contributed by atoms with Crippen LogP contribution in [-0.2, 0) is 17.9 Å². The van der Waals surface area contributed by atoms with Crippen LogP contribution in [0.1, 0.15) is 40.8 Å². The number of nitrogens with zero attached hydrogens (tertiary/aromatic N) is 3. The fourth-order valence-electron chi connectivity index (χ4n) is 4.28. The summed E-state index contributed by atoms with van der Waals surface area (Å²) in [6.45, 7) is 4.95. The van der Waals surface area contributed by atoms with E-state index >= 15 is 0 Å². The number of fused-ring (bicyclic) bond motifs is 1. The molecule has 4 N–H and O–H groups in total. The summed E-state index contributed by atoms with van der Waals surface area (Å²) in [6.07, 6.45) is 1.89. The van der Waals surface area contributed by atoms with Crippen molar-refractivity contribution in [1.29, 1.82) is 5.26 Å². The maximum absolute atomic E-state index is 13.2. The Labute approximate surface area is 176 Å². The largest absolute Gasteiger partial charge is 0.398 e. The van der Waals surface area contributed by atoms with Crippen LogP contribution in [0.15, 0.2) is 48.2 Å². The van der Waals surface area contributed by atoms with Crippen molar-refractivity contribution >= 4 is 11.6 Å². The maximum Gasteiger partial charge on any atom is 0.271 e. The molecule has 1 saturated heterocycles. The van der Waals surface area contributed by atoms with Gasteiger partial charge in [0, 0.05) is 24.3 Å². The molecule has 154 valence electrons. The number of hydrogen-bond donors (Lipinski definition) is 3. The van der Waals surface area contributed by atoms with E-state index in [2.05, 4.69) is 18.4 Å². The molecule has 0 bridgehead atoms. The van der Waals surface area contributed by atoms with Crippen LogP contribution in [0, 0.1) is 18.3 Å². The second-order valence-electron chi connectivity index (χ2n) is 7.96. The monoisotopic (exact) mass is 403 g/mol. The number of rotatable bonds is 4. The topological polar surface area (TPSA) is 106 Å². The maximum atomic E-state index is 13.2. The standard InChI is InChI=1S/C23H25N5O2/c1-14-7-18(13-29)22(19(25)8-14)20-9-21-23(30)27(11-15(2)28(21)26-20)12-17-5-3-16(10-24)4-6-17/h3-9,15,20,26,29H,11-13,25H2,1-2H3. The van der Waals surface area contributed by atoms with Gasteiger partial charge in [-0.3, -0.25) is 9.80 Å². The Morgan fingerprint density at radius 3 is 2.70 bits per heavy atom. The molecule has 2 unspecified atom stereocenters. The zero-order chi connectivity index (χ0) is 21.4. The zero-order valence-corrected chi connectivity index (χ0v) is 17.1. The molecule has 2 aromatic carbocycles. The summed E-state index contributed by atoms with van der Waals surface area (Å²) in [6, 6.07) is 13.0. The number of piperazine rings is 1. The van der Waals surface area contributed by atoms with Gasteiger partial charge in [0.1, 0.15) is 5.70 Å². The van der Waals surface area contributed by atoms with Crippen LogP contribution in [0.5, 0.6) is 0 Å². The lowest BCUT2D eigenvalue weighted by Gasteiger charge is -2.40. The van der Waals surface area contributed by atoms with Crippen molar-refractivity contribution in [2.75, 3.05) is 12.3 Å². The molecular formula is C23H25N5O2. The molecule has 2 aliphatic heterocycles. The number of nitrogens with two attached hydrogens (primary N) is 1. The molecule has 1 amide bonds. The van der Waals surface area contributed by atoms with Gasteiger partial charge >= 0.3 is 0 Å². The summed E-state index contributed by atoms with van der Waals surface area (Å²) >= 11 is 0. The van der Waals surface area contributed by atoms with Crippen molar-refractivity contribution in [3.8, 4) is 6.07 Å². The summed E-state index contributed by atoms with van der Waals surface area (Å²) in [5.41, 5.74) is 15.0. The number of hydrogen-bond acceptors (Lipinski definition) is 6. The molecule has 0 aromatic heterocycles. The van der Waals surface area contributed by atoms with Gasteiger partial charge in [0.25, 0.3) is 5.91 Å². The highest BCUT2D eigenvalue weighted by Gasteiger charge is 2.39. The first-order valence-electron chi connectivity index (χ1n) is 9.96. The number of aryl methyl sites for hydroxylation is 1. The van der Waals surface area contributed by atoms with E-state index in [9.17, 15) is 9.90 Å². The average molecular weight is 403 g/mol. The minimum absolute atomic E-state index is 0.0521. The quantitative estimate of drug-likeness (QED) is 0.676. The first-order valence-corrected chi connectivity index (χ1v) is 9.96. The molecule has 7 nitrogen and oxygen atoms in total. The Kier molecular flexibility index (Phi) is 5.20. The van der Waals surface area contributed by atoms with Crippen LogP contribution in [0.3, 0.4) is 0 Å². The minimum atomic E-state index is -0.274. The molecule has 2 aliphatic rings. The lowest BCUT2D eigenvalue weighted by Crippen LogP contribution is -2.55. The van der Waals surface area contributed by atoms with Crippen molar-refractivity contribution < 1.29 is 9.90 Å². The van der Waals surface area contributed by atoms with Gasteiger partial charge in [-0.15, -0.1) is 0 Å². The highest BCUT2D eigenvalue weighted by molar-refractivity contribution is 5.94. The number of nitrogens with one attached hydrogen (secondary N) is 1. The van der Waals surface area contributed by atoms with Crippen LogP contribution in [0.4, 0.5) is 5.69 Å². The van der Waals surface area contributed by atoms with E-state index < -0.39 is 0 Å². The van der Waals surface area contributed by atoms with Crippen molar-refractivity contribution in [3.63, 3.8) is 0 Å². The summed E-state index contributed by atoms with van der Waals surface area (Å²) < 4.78 is 0. The zero-order valence-electron chi connectivity index (χ0n) is 17.1. The van der Waals surface area contributed by atoms with Gasteiger partial charge in [0.05, 0.1) is 30.3 Å². The number of nitrogen functional groups attached to an aromatic ring is 1. The Bertz CT molecular complexity index is 1050. The summed E-state index contributed by atoms with van der Waals surface area (Å²) in [4.78, 5) is 15.0. The van der Waals surface area contributed by atoms with Crippen LogP contribution in [0.25, 0.3) is 0 Å². The molecule has 30 heavy (non-hydrogen) atoms. The number of aliphatic hydroxyl groups excluding tert-OH is 1. The molecule has 0 saturated carbocycles. The van der Waals surface area contributed by atoms with E-state index in [0.717, 1.165) is 22.3 Å². The highest BCUT2D eigenvalue weighted by atomic mass is 16.3. The second kappa shape index (κ2) is 7.82. The number of carbonyl (C=O) groups excluding carboxylic acids is 1. The Morgan fingerprint density at radius 2 is 2.03 bits per heavy atom. The molecule has 0 radical (unpaired) electrons. The summed E-state index contributed by atoms with van der Waals surface area (Å²) in [5, 5.41) is 20.7. The van der Waals surface area contributed by atoms with Gasteiger partial charge in [0.2, 0.25) is 0 Å². The Morgan fingerprint density at radius 1 is 1.30 bits per heavy atom. The molecule has 2 atom stereocenters. The SMILES string of the molecule is Cc1cc(N)c(C2C=C3C(=O)N(Cc4ccc(C#N)cc4)CC(C)N3N2)c(CO)c1. The third-order valence-electron chi connectivity index (χ3n) is 5.67. The molecular weight excluding hydrogens is 378 g/mol. The first-order chi connectivity index (χ1) is 14.4. The van der Waals surface area contributed by atoms with Crippen LogP contribution in [-0.4, -0.2) is 33.5 Å². The van der Waals surface area contributed by atoms with Crippen molar-refractivity contribution in [1.82, 2.24) is 15.3 Å². The van der Waals surface area contributed by atoms with Gasteiger partial charge < -0.3 is 15.7 Å². The third kappa shape index (κ3) is 3.52. The number of benzene rings is 2. The average Bonchev–Trinajstić information content (AvgIpc) is 3.17. The number of anilines is 1. The number of nitriles is 1. The fourth-order valence-corrected chi connectivity index (χ4v) is 4.28. The van der Waals surface area contributed by atoms with E-state index in [4.69, 9.17) is 11.0 Å². The molecule has 0 aliphatic carbocycles. The predicted molar refractivity (Wildman–Crippen MR) is 113 cm³/mol. The Balaban J connectivity index is 1.61. The molecule has 0 spiro atoms. The van der Waals surface area contributed by atoms with Gasteiger partial charge in [0.15, 0.2) is 0 Å². The number of aliphatic hydroxyl groups is 1.